The number of carbonyl (C=O) groups is 2. The highest BCUT2D eigenvalue weighted by molar-refractivity contribution is 5.90. The first-order valence-electron chi connectivity index (χ1n) is 25.6. The van der Waals surface area contributed by atoms with Crippen LogP contribution in [0.5, 0.6) is 0 Å². The molecule has 5 heterocycles. The largest absolute Gasteiger partial charge is 0.444 e. The van der Waals surface area contributed by atoms with E-state index in [-0.39, 0.29) is 43.6 Å². The van der Waals surface area contributed by atoms with Crippen LogP contribution in [0.2, 0.25) is 0 Å². The Balaban J connectivity index is 0.848. The molecule has 17 nitrogen and oxygen atoms in total. The van der Waals surface area contributed by atoms with E-state index in [1.807, 2.05) is 73.2 Å². The van der Waals surface area contributed by atoms with Crippen molar-refractivity contribution in [1.82, 2.24) is 24.8 Å². The first-order chi connectivity index (χ1) is 36.0. The molecule has 0 spiro atoms. The smallest absolute Gasteiger partial charge is 0.407 e. The fourth-order valence-electron chi connectivity index (χ4n) is 9.24. The molecular formula is C56H71FN8O9. The van der Waals surface area contributed by atoms with Crippen LogP contribution < -0.4 is 25.9 Å². The fourth-order valence-corrected chi connectivity index (χ4v) is 9.24. The minimum atomic E-state index is -0.580. The molecule has 0 bridgehead atoms. The van der Waals surface area contributed by atoms with Crippen LogP contribution in [0.1, 0.15) is 60.2 Å². The van der Waals surface area contributed by atoms with Crippen molar-refractivity contribution in [3.63, 3.8) is 0 Å². The molecule has 396 valence electrons. The number of fused-ring (bicyclic) bond motifs is 1. The molecule has 2 fully saturated rings. The summed E-state index contributed by atoms with van der Waals surface area (Å²) in [5, 5.41) is 5.99. The van der Waals surface area contributed by atoms with E-state index >= 15 is 4.39 Å². The van der Waals surface area contributed by atoms with Crippen LogP contribution in [0, 0.1) is 32.0 Å². The summed E-state index contributed by atoms with van der Waals surface area (Å²) in [6, 6.07) is 18.7. The molecule has 2 atom stereocenters. The lowest BCUT2D eigenvalue weighted by Gasteiger charge is -2.40. The van der Waals surface area contributed by atoms with E-state index in [2.05, 4.69) is 48.5 Å². The van der Waals surface area contributed by atoms with E-state index in [1.165, 1.54) is 6.07 Å². The number of halogens is 1. The van der Waals surface area contributed by atoms with Crippen LogP contribution in [0.3, 0.4) is 0 Å². The van der Waals surface area contributed by atoms with E-state index in [4.69, 9.17) is 34.8 Å². The minimum Gasteiger partial charge on any atom is -0.444 e. The number of amides is 2. The molecule has 2 aliphatic heterocycles. The first kappa shape index (κ1) is 55.3. The van der Waals surface area contributed by atoms with Crippen molar-refractivity contribution in [1.29, 1.82) is 0 Å². The Labute approximate surface area is 433 Å². The van der Waals surface area contributed by atoms with Crippen LogP contribution in [0.15, 0.2) is 84.0 Å². The van der Waals surface area contributed by atoms with Gasteiger partial charge in [-0.1, -0.05) is 18.1 Å². The number of hydrogen-bond donors (Lipinski definition) is 2. The summed E-state index contributed by atoms with van der Waals surface area (Å²) in [7, 11) is 1.89. The summed E-state index contributed by atoms with van der Waals surface area (Å²) in [5.41, 5.74) is 6.93. The molecule has 2 aliphatic rings. The molecule has 7 rings (SSSR count). The van der Waals surface area contributed by atoms with Gasteiger partial charge < -0.3 is 53.4 Å². The predicted molar refractivity (Wildman–Crippen MR) is 283 cm³/mol. The fraction of sp³-hybridized carbons (Fsp3) is 0.482. The SMILES string of the molecule is C#CCOCCOCCOCCOCCOCCC(=O)Nc1ccc(CNC(=O)O[C@H]2CCCN(c3cc4c(cc3F)c(=O)c(CN(Cc3ccnc(C)c3)[C@H]3CCCN(c5ccc(C)nc5)C3)cn4C)C2)cc1. The second-order valence-electron chi connectivity index (χ2n) is 18.7. The quantitative estimate of drug-likeness (QED) is 0.0421. The van der Waals surface area contributed by atoms with Crippen molar-refractivity contribution in [3.05, 3.63) is 123 Å². The summed E-state index contributed by atoms with van der Waals surface area (Å²) < 4.78 is 50.9. The van der Waals surface area contributed by atoms with Gasteiger partial charge in [0.1, 0.15) is 18.5 Å². The van der Waals surface area contributed by atoms with Gasteiger partial charge in [0.2, 0.25) is 5.91 Å². The third kappa shape index (κ3) is 17.0. The summed E-state index contributed by atoms with van der Waals surface area (Å²) in [6.45, 7) is 11.8. The molecule has 2 N–H and O–H groups in total. The van der Waals surface area contributed by atoms with Crippen molar-refractivity contribution in [2.24, 2.45) is 7.05 Å². The van der Waals surface area contributed by atoms with Crippen LogP contribution >= 0.6 is 0 Å². The van der Waals surface area contributed by atoms with E-state index < -0.39 is 18.0 Å². The van der Waals surface area contributed by atoms with Gasteiger partial charge >= 0.3 is 6.09 Å². The second kappa shape index (κ2) is 28.8. The number of terminal acetylenes is 1. The third-order valence-electron chi connectivity index (χ3n) is 13.0. The van der Waals surface area contributed by atoms with Gasteiger partial charge in [-0.3, -0.25) is 24.5 Å². The highest BCUT2D eigenvalue weighted by atomic mass is 19.1. The molecule has 2 aromatic carbocycles. The number of carbonyl (C=O) groups excluding carboxylic acids is 2. The molecule has 0 radical (unpaired) electrons. The zero-order chi connectivity index (χ0) is 52.1. The lowest BCUT2D eigenvalue weighted by atomic mass is 10.0. The standard InChI is InChI=1S/C56H71FN8O9/c1-5-21-69-23-25-71-27-29-73-30-28-72-26-24-70-22-17-54(66)61-46-13-11-43(12-14-46)34-60-56(68)74-49-9-7-20-64(40-49)53-33-52-50(32-51(53)57)55(67)45(37-62(52)4)38-65(36-44-16-18-58-42(3)31-44)48-8-6-19-63(39-48)47-15-10-41(2)59-35-47/h1,10-16,18,31-33,35,37,48-49H,6-9,17,19-30,34,36,38-40H2,2-4H3,(H,60,68)(H,61,66)/t48-,49-/m0/s1. The zero-order valence-electron chi connectivity index (χ0n) is 43.0. The van der Waals surface area contributed by atoms with E-state index in [9.17, 15) is 14.4 Å². The Bertz CT molecular complexity index is 2680. The Morgan fingerprint density at radius 3 is 2.20 bits per heavy atom. The summed E-state index contributed by atoms with van der Waals surface area (Å²) >= 11 is 0. The maximum Gasteiger partial charge on any atom is 0.407 e. The molecule has 0 aliphatic carbocycles. The number of nitrogens with one attached hydrogen (secondary N) is 2. The second-order valence-corrected chi connectivity index (χ2v) is 18.7. The number of pyridine rings is 3. The Morgan fingerprint density at radius 1 is 0.797 bits per heavy atom. The highest BCUT2D eigenvalue weighted by Crippen LogP contribution is 2.30. The average molecular weight is 1020 g/mol. The molecule has 18 heteroatoms. The van der Waals surface area contributed by atoms with Gasteiger partial charge in [0, 0.05) is 92.8 Å². The maximum atomic E-state index is 16.3. The molecule has 2 saturated heterocycles. The average Bonchev–Trinajstić information content (AvgIpc) is 3.39. The number of piperidine rings is 2. The number of benzene rings is 2. The van der Waals surface area contributed by atoms with E-state index in [0.29, 0.717) is 120 Å². The lowest BCUT2D eigenvalue weighted by molar-refractivity contribution is -0.117. The van der Waals surface area contributed by atoms with Crippen LogP contribution in [-0.4, -0.2) is 136 Å². The van der Waals surface area contributed by atoms with Gasteiger partial charge in [-0.05, 0) is 99.2 Å². The number of alkyl carbamates (subject to hydrolysis) is 1. The Hall–Kier alpha value is -6.46. The minimum absolute atomic E-state index is 0.158. The number of nitrogens with zero attached hydrogens (tertiary/aromatic N) is 6. The van der Waals surface area contributed by atoms with Crippen LogP contribution in [-0.2, 0) is 59.9 Å². The normalized spacial score (nSPS) is 15.8. The third-order valence-corrected chi connectivity index (χ3v) is 13.0. The lowest BCUT2D eigenvalue weighted by Crippen LogP contribution is -2.48. The van der Waals surface area contributed by atoms with Gasteiger partial charge in [0.05, 0.1) is 95.5 Å². The number of aryl methyl sites for hydroxylation is 3. The molecular weight excluding hydrogens is 948 g/mol. The van der Waals surface area contributed by atoms with E-state index in [1.54, 1.807) is 18.2 Å². The molecule has 0 unspecified atom stereocenters. The number of ether oxygens (including phenoxy) is 6. The van der Waals surface area contributed by atoms with Crippen LogP contribution in [0.25, 0.3) is 10.9 Å². The van der Waals surface area contributed by atoms with Gasteiger partial charge in [0.15, 0.2) is 5.43 Å². The van der Waals surface area contributed by atoms with Crippen molar-refractivity contribution in [2.75, 3.05) is 107 Å². The predicted octanol–water partition coefficient (Wildman–Crippen LogP) is 6.70. The Morgan fingerprint density at radius 2 is 1.50 bits per heavy atom. The maximum absolute atomic E-state index is 16.3. The summed E-state index contributed by atoms with van der Waals surface area (Å²) in [5.74, 6) is 1.71. The first-order valence-corrected chi connectivity index (χ1v) is 25.6. The number of hydrogen-bond acceptors (Lipinski definition) is 14. The van der Waals surface area contributed by atoms with Crippen molar-refractivity contribution in [3.8, 4) is 12.3 Å². The number of aromatic nitrogens is 3. The zero-order valence-corrected chi connectivity index (χ0v) is 43.0. The summed E-state index contributed by atoms with van der Waals surface area (Å²) in [6.07, 6.45) is 13.2. The van der Waals surface area contributed by atoms with Gasteiger partial charge in [0.25, 0.3) is 0 Å². The molecule has 3 aromatic heterocycles. The highest BCUT2D eigenvalue weighted by Gasteiger charge is 2.29. The molecule has 5 aromatic rings. The topological polar surface area (TPSA) is 171 Å². The number of anilines is 3. The van der Waals surface area contributed by atoms with Crippen molar-refractivity contribution >= 4 is 40.0 Å². The monoisotopic (exact) mass is 1020 g/mol. The van der Waals surface area contributed by atoms with Gasteiger partial charge in [-0.25, -0.2) is 9.18 Å². The van der Waals surface area contributed by atoms with Gasteiger partial charge in [-0.15, -0.1) is 6.42 Å². The molecule has 74 heavy (non-hydrogen) atoms. The van der Waals surface area contributed by atoms with Crippen molar-refractivity contribution < 1.29 is 42.4 Å². The van der Waals surface area contributed by atoms with Crippen LogP contribution in [0.4, 0.5) is 26.2 Å². The molecule has 0 saturated carbocycles. The molecule has 2 amide bonds. The Kier molecular flexibility index (Phi) is 21.6. The number of rotatable bonds is 27. The van der Waals surface area contributed by atoms with Gasteiger partial charge in [-0.2, -0.15) is 0 Å². The van der Waals surface area contributed by atoms with E-state index in [0.717, 1.165) is 54.1 Å². The van der Waals surface area contributed by atoms with Crippen molar-refractivity contribution in [2.45, 2.75) is 77.7 Å². The summed E-state index contributed by atoms with van der Waals surface area (Å²) in [4.78, 5) is 55.4.